The van der Waals surface area contributed by atoms with E-state index in [0.717, 1.165) is 5.56 Å². The number of halogens is 1. The molecule has 1 amide bonds. The van der Waals surface area contributed by atoms with Gasteiger partial charge in [-0.1, -0.05) is 54.3 Å². The number of nitrogens with one attached hydrogen (secondary N) is 1. The molecule has 0 aromatic heterocycles. The quantitative estimate of drug-likeness (QED) is 0.879. The maximum atomic E-state index is 13.3. The molecule has 0 radical (unpaired) electrons. The largest absolute Gasteiger partial charge is 0.445 e. The summed E-state index contributed by atoms with van der Waals surface area (Å²) in [6, 6.07) is 15.6. The fourth-order valence-electron chi connectivity index (χ4n) is 1.59. The van der Waals surface area contributed by atoms with Crippen LogP contribution in [-0.2, 0) is 11.3 Å². The van der Waals surface area contributed by atoms with Gasteiger partial charge in [-0.15, -0.1) is 0 Å². The van der Waals surface area contributed by atoms with E-state index < -0.39 is 6.09 Å². The van der Waals surface area contributed by atoms with E-state index in [4.69, 9.17) is 4.74 Å². The topological polar surface area (TPSA) is 38.3 Å². The predicted molar refractivity (Wildman–Crippen MR) is 77.9 cm³/mol. The standard InChI is InChI=1S/C17H14FNO2/c18-16-11-5-4-9-15(16)10-6-12-19-17(20)21-13-14-7-2-1-3-8-14/h1-5,7-9,11H,12-13H2,(H,19,20). The minimum absolute atomic E-state index is 0.0992. The molecule has 0 spiro atoms. The summed E-state index contributed by atoms with van der Waals surface area (Å²) < 4.78 is 18.3. The highest BCUT2D eigenvalue weighted by Gasteiger charge is 2.00. The van der Waals surface area contributed by atoms with Gasteiger partial charge in [-0.25, -0.2) is 9.18 Å². The summed E-state index contributed by atoms with van der Waals surface area (Å²) in [6.07, 6.45) is -0.554. The van der Waals surface area contributed by atoms with E-state index in [-0.39, 0.29) is 19.0 Å². The van der Waals surface area contributed by atoms with Gasteiger partial charge in [0.15, 0.2) is 0 Å². The summed E-state index contributed by atoms with van der Waals surface area (Å²) in [4.78, 5) is 11.4. The van der Waals surface area contributed by atoms with Gasteiger partial charge < -0.3 is 10.1 Å². The molecule has 2 rings (SSSR count). The van der Waals surface area contributed by atoms with Gasteiger partial charge in [0, 0.05) is 0 Å². The van der Waals surface area contributed by atoms with E-state index in [1.54, 1.807) is 18.2 Å². The summed E-state index contributed by atoms with van der Waals surface area (Å²) in [7, 11) is 0. The highest BCUT2D eigenvalue weighted by Crippen LogP contribution is 2.03. The van der Waals surface area contributed by atoms with Crippen LogP contribution in [0.25, 0.3) is 0 Å². The van der Waals surface area contributed by atoms with Crippen molar-refractivity contribution in [2.75, 3.05) is 6.54 Å². The Morgan fingerprint density at radius 1 is 1.10 bits per heavy atom. The lowest BCUT2D eigenvalue weighted by atomic mass is 10.2. The number of hydrogen-bond acceptors (Lipinski definition) is 2. The molecule has 2 aromatic carbocycles. The van der Waals surface area contributed by atoms with E-state index in [1.807, 2.05) is 30.3 Å². The Bertz CT molecular complexity index is 659. The second kappa shape index (κ2) is 7.71. The third-order valence-electron chi connectivity index (χ3n) is 2.63. The van der Waals surface area contributed by atoms with Crippen LogP contribution in [-0.4, -0.2) is 12.6 Å². The first-order valence-electron chi connectivity index (χ1n) is 6.43. The lowest BCUT2D eigenvalue weighted by Crippen LogP contribution is -2.24. The first-order chi connectivity index (χ1) is 10.3. The maximum Gasteiger partial charge on any atom is 0.408 e. The molecule has 21 heavy (non-hydrogen) atoms. The summed E-state index contributed by atoms with van der Waals surface area (Å²) in [5, 5.41) is 2.49. The number of carbonyl (C=O) groups is 1. The average molecular weight is 283 g/mol. The van der Waals surface area contributed by atoms with Crippen molar-refractivity contribution in [2.24, 2.45) is 0 Å². The number of hydrogen-bond donors (Lipinski definition) is 1. The van der Waals surface area contributed by atoms with Crippen molar-refractivity contribution >= 4 is 6.09 Å². The Labute approximate surface area is 122 Å². The number of ether oxygens (including phenoxy) is 1. The summed E-state index contributed by atoms with van der Waals surface area (Å²) in [6.45, 7) is 0.301. The Kier molecular flexibility index (Phi) is 5.36. The lowest BCUT2D eigenvalue weighted by Gasteiger charge is -2.04. The summed E-state index contributed by atoms with van der Waals surface area (Å²) in [5.41, 5.74) is 1.21. The third kappa shape index (κ3) is 5.00. The number of rotatable bonds is 3. The van der Waals surface area contributed by atoms with Crippen LogP contribution in [0.4, 0.5) is 9.18 Å². The molecule has 0 aliphatic carbocycles. The molecule has 4 heteroatoms. The average Bonchev–Trinajstić information content (AvgIpc) is 2.52. The molecule has 0 aliphatic heterocycles. The van der Waals surface area contributed by atoms with Crippen molar-refractivity contribution in [3.05, 3.63) is 71.5 Å². The van der Waals surface area contributed by atoms with Crippen molar-refractivity contribution in [1.29, 1.82) is 0 Å². The monoisotopic (exact) mass is 283 g/mol. The van der Waals surface area contributed by atoms with Gasteiger partial charge in [0.25, 0.3) is 0 Å². The molecule has 3 nitrogen and oxygen atoms in total. The molecule has 0 saturated heterocycles. The van der Waals surface area contributed by atoms with Crippen molar-refractivity contribution in [3.63, 3.8) is 0 Å². The summed E-state index contributed by atoms with van der Waals surface area (Å²) >= 11 is 0. The molecule has 0 atom stereocenters. The molecule has 2 aromatic rings. The molecule has 1 N–H and O–H groups in total. The number of alkyl carbamates (subject to hydrolysis) is 1. The van der Waals surface area contributed by atoms with Crippen molar-refractivity contribution in [1.82, 2.24) is 5.32 Å². The third-order valence-corrected chi connectivity index (χ3v) is 2.63. The molecular weight excluding hydrogens is 269 g/mol. The Morgan fingerprint density at radius 2 is 1.81 bits per heavy atom. The zero-order chi connectivity index (χ0) is 14.9. The molecule has 0 fully saturated rings. The van der Waals surface area contributed by atoms with Crippen LogP contribution in [0, 0.1) is 17.7 Å². The Hall–Kier alpha value is -2.80. The Morgan fingerprint density at radius 3 is 2.57 bits per heavy atom. The fraction of sp³-hybridized carbons (Fsp3) is 0.118. The normalized spacial score (nSPS) is 9.38. The molecule has 0 unspecified atom stereocenters. The lowest BCUT2D eigenvalue weighted by molar-refractivity contribution is 0.141. The number of benzene rings is 2. The second-order valence-electron chi connectivity index (χ2n) is 4.20. The first-order valence-corrected chi connectivity index (χ1v) is 6.43. The van der Waals surface area contributed by atoms with Gasteiger partial charge in [-0.05, 0) is 17.7 Å². The van der Waals surface area contributed by atoms with Gasteiger partial charge in [0.05, 0.1) is 12.1 Å². The van der Waals surface area contributed by atoms with Crippen LogP contribution >= 0.6 is 0 Å². The molecule has 0 saturated carbocycles. The zero-order valence-corrected chi connectivity index (χ0v) is 11.3. The number of carbonyl (C=O) groups excluding carboxylic acids is 1. The minimum atomic E-state index is -0.554. The maximum absolute atomic E-state index is 13.3. The van der Waals surface area contributed by atoms with Crippen LogP contribution in [0.15, 0.2) is 54.6 Å². The number of amides is 1. The van der Waals surface area contributed by atoms with Crippen LogP contribution in [0.5, 0.6) is 0 Å². The Balaban J connectivity index is 1.74. The second-order valence-corrected chi connectivity index (χ2v) is 4.20. The van der Waals surface area contributed by atoms with E-state index in [9.17, 15) is 9.18 Å². The van der Waals surface area contributed by atoms with Gasteiger partial charge in [0.2, 0.25) is 0 Å². The van der Waals surface area contributed by atoms with Crippen LogP contribution in [0.1, 0.15) is 11.1 Å². The zero-order valence-electron chi connectivity index (χ0n) is 11.3. The van der Waals surface area contributed by atoms with E-state index in [1.165, 1.54) is 6.07 Å². The van der Waals surface area contributed by atoms with Crippen molar-refractivity contribution < 1.29 is 13.9 Å². The molecule has 0 heterocycles. The van der Waals surface area contributed by atoms with E-state index >= 15 is 0 Å². The van der Waals surface area contributed by atoms with Gasteiger partial charge >= 0.3 is 6.09 Å². The minimum Gasteiger partial charge on any atom is -0.445 e. The molecule has 0 aliphatic rings. The van der Waals surface area contributed by atoms with E-state index in [2.05, 4.69) is 17.2 Å². The highest BCUT2D eigenvalue weighted by molar-refractivity contribution is 5.67. The SMILES string of the molecule is O=C(NCC#Cc1ccccc1F)OCc1ccccc1. The predicted octanol–water partition coefficient (Wildman–Crippen LogP) is 3.10. The van der Waals surface area contributed by atoms with Crippen LogP contribution in [0.2, 0.25) is 0 Å². The fourth-order valence-corrected chi connectivity index (χ4v) is 1.59. The van der Waals surface area contributed by atoms with Gasteiger partial charge in [-0.2, -0.15) is 0 Å². The smallest absolute Gasteiger partial charge is 0.408 e. The van der Waals surface area contributed by atoms with Crippen molar-refractivity contribution in [2.45, 2.75) is 6.61 Å². The molecule has 106 valence electrons. The van der Waals surface area contributed by atoms with Crippen LogP contribution in [0.3, 0.4) is 0 Å². The van der Waals surface area contributed by atoms with Gasteiger partial charge in [0.1, 0.15) is 12.4 Å². The molecular formula is C17H14FNO2. The van der Waals surface area contributed by atoms with E-state index in [0.29, 0.717) is 5.56 Å². The van der Waals surface area contributed by atoms with Crippen LogP contribution < -0.4 is 5.32 Å². The van der Waals surface area contributed by atoms with Crippen molar-refractivity contribution in [3.8, 4) is 11.8 Å². The highest BCUT2D eigenvalue weighted by atomic mass is 19.1. The first kappa shape index (κ1) is 14.6. The van der Waals surface area contributed by atoms with Gasteiger partial charge in [-0.3, -0.25) is 0 Å². The summed E-state index contributed by atoms with van der Waals surface area (Å²) in [5.74, 6) is 4.94. The molecule has 0 bridgehead atoms.